The fraction of sp³-hybridized carbons (Fsp3) is 0.167. The third-order valence-corrected chi connectivity index (χ3v) is 3.52. The number of fused-ring (bicyclic) bond motifs is 1. The Balaban J connectivity index is 2.35. The summed E-state index contributed by atoms with van der Waals surface area (Å²) in [5, 5.41) is 0.535. The lowest BCUT2D eigenvalue weighted by Gasteiger charge is -2.09. The maximum atomic E-state index is 12.5. The molecule has 0 saturated heterocycles. The largest absolute Gasteiger partial charge is 0.490 e. The topological polar surface area (TPSA) is 39.4 Å². The summed E-state index contributed by atoms with van der Waals surface area (Å²) in [7, 11) is 1.49. The summed E-state index contributed by atoms with van der Waals surface area (Å²) in [6, 6.07) is 13.4. The molecule has 0 unspecified atom stereocenters. The van der Waals surface area contributed by atoms with Crippen molar-refractivity contribution in [2.75, 3.05) is 7.11 Å². The normalized spacial score (nSPS) is 10.8. The lowest BCUT2D eigenvalue weighted by atomic mass is 10.1. The van der Waals surface area contributed by atoms with Gasteiger partial charge in [-0.15, -0.1) is 0 Å². The molecule has 0 aliphatic heterocycles. The van der Waals surface area contributed by atoms with Crippen molar-refractivity contribution in [1.29, 1.82) is 0 Å². The molecule has 3 aromatic rings. The van der Waals surface area contributed by atoms with Crippen molar-refractivity contribution in [2.24, 2.45) is 0 Å². The third kappa shape index (κ3) is 2.31. The van der Waals surface area contributed by atoms with Gasteiger partial charge in [0.25, 0.3) is 0 Å². The van der Waals surface area contributed by atoms with Crippen LogP contribution in [0.15, 0.2) is 51.7 Å². The number of hydrogen-bond acceptors (Lipinski definition) is 3. The number of ether oxygens (including phenoxy) is 1. The fourth-order valence-corrected chi connectivity index (χ4v) is 2.36. The number of rotatable bonds is 2. The van der Waals surface area contributed by atoms with E-state index < -0.39 is 0 Å². The Morgan fingerprint density at radius 1 is 0.952 bits per heavy atom. The van der Waals surface area contributed by atoms with E-state index in [4.69, 9.17) is 9.15 Å². The lowest BCUT2D eigenvalue weighted by Crippen LogP contribution is -2.07. The van der Waals surface area contributed by atoms with Crippen LogP contribution < -0.4 is 10.2 Å². The van der Waals surface area contributed by atoms with Crippen molar-refractivity contribution in [3.63, 3.8) is 0 Å². The smallest absolute Gasteiger partial charge is 0.235 e. The van der Waals surface area contributed by atoms with E-state index in [1.165, 1.54) is 7.11 Å². The lowest BCUT2D eigenvalue weighted by molar-refractivity contribution is 0.398. The first-order valence-electron chi connectivity index (χ1n) is 6.78. The van der Waals surface area contributed by atoms with Crippen LogP contribution in [-0.2, 0) is 0 Å². The predicted octanol–water partition coefficient (Wildman–Crippen LogP) is 4.09. The highest BCUT2D eigenvalue weighted by Gasteiger charge is 2.16. The van der Waals surface area contributed by atoms with E-state index in [1.54, 1.807) is 6.07 Å². The van der Waals surface area contributed by atoms with Crippen molar-refractivity contribution in [1.82, 2.24) is 0 Å². The van der Waals surface area contributed by atoms with Crippen LogP contribution in [-0.4, -0.2) is 7.11 Å². The third-order valence-electron chi connectivity index (χ3n) is 3.52. The summed E-state index contributed by atoms with van der Waals surface area (Å²) >= 11 is 0. The van der Waals surface area contributed by atoms with Crippen molar-refractivity contribution in [3.8, 4) is 17.1 Å². The number of aryl methyl sites for hydroxylation is 2. The highest BCUT2D eigenvalue weighted by molar-refractivity contribution is 5.82. The van der Waals surface area contributed by atoms with Crippen LogP contribution in [0.25, 0.3) is 22.3 Å². The number of methoxy groups -OCH3 is 1. The van der Waals surface area contributed by atoms with E-state index in [0.29, 0.717) is 16.7 Å². The molecule has 0 fully saturated rings. The minimum absolute atomic E-state index is 0.144. The molecule has 3 heteroatoms. The van der Waals surface area contributed by atoms with Crippen LogP contribution in [0.5, 0.6) is 5.75 Å². The van der Waals surface area contributed by atoms with Gasteiger partial charge in [-0.3, -0.25) is 4.79 Å². The van der Waals surface area contributed by atoms with E-state index >= 15 is 0 Å². The number of benzene rings is 2. The van der Waals surface area contributed by atoms with E-state index in [1.807, 2.05) is 50.2 Å². The zero-order valence-electron chi connectivity index (χ0n) is 12.3. The molecule has 0 spiro atoms. The van der Waals surface area contributed by atoms with Crippen LogP contribution >= 0.6 is 0 Å². The van der Waals surface area contributed by atoms with Gasteiger partial charge in [0.05, 0.1) is 12.5 Å². The van der Waals surface area contributed by atoms with E-state index in [0.717, 1.165) is 16.7 Å². The molecule has 1 heterocycles. The molecule has 106 valence electrons. The second-order valence-corrected chi connectivity index (χ2v) is 5.16. The van der Waals surface area contributed by atoms with Crippen LogP contribution in [0.1, 0.15) is 11.1 Å². The van der Waals surface area contributed by atoms with Gasteiger partial charge in [-0.25, -0.2) is 0 Å². The first kappa shape index (κ1) is 13.4. The molecule has 0 aliphatic carbocycles. The minimum Gasteiger partial charge on any atom is -0.490 e. The van der Waals surface area contributed by atoms with Gasteiger partial charge in [-0.1, -0.05) is 35.9 Å². The van der Waals surface area contributed by atoms with Crippen LogP contribution in [0, 0.1) is 13.8 Å². The van der Waals surface area contributed by atoms with Gasteiger partial charge in [0.15, 0.2) is 5.76 Å². The number of hydrogen-bond donors (Lipinski definition) is 0. The summed E-state index contributed by atoms with van der Waals surface area (Å²) in [4.78, 5) is 12.5. The van der Waals surface area contributed by atoms with Gasteiger partial charge in [0, 0.05) is 5.56 Å². The summed E-state index contributed by atoms with van der Waals surface area (Å²) in [5.41, 5.74) is 3.46. The quantitative estimate of drug-likeness (QED) is 0.710. The molecule has 0 aliphatic rings. The first-order chi connectivity index (χ1) is 10.1. The Kier molecular flexibility index (Phi) is 3.26. The summed E-state index contributed by atoms with van der Waals surface area (Å²) in [6.07, 6.45) is 0. The molecule has 21 heavy (non-hydrogen) atoms. The molecule has 0 bridgehead atoms. The van der Waals surface area contributed by atoms with Gasteiger partial charge in [0.1, 0.15) is 5.58 Å². The SMILES string of the molecule is COc1c(-c2ccc(C)cc2)oc2cc(C)ccc2c1=O. The monoisotopic (exact) mass is 280 g/mol. The zero-order valence-corrected chi connectivity index (χ0v) is 12.3. The predicted molar refractivity (Wildman–Crippen MR) is 83.9 cm³/mol. The molecule has 0 N–H and O–H groups in total. The van der Waals surface area contributed by atoms with Crippen molar-refractivity contribution < 1.29 is 9.15 Å². The summed E-state index contributed by atoms with van der Waals surface area (Å²) < 4.78 is 11.2. The van der Waals surface area contributed by atoms with Gasteiger partial charge in [-0.05, 0) is 31.5 Å². The van der Waals surface area contributed by atoms with Crippen molar-refractivity contribution in [3.05, 3.63) is 63.8 Å². The highest BCUT2D eigenvalue weighted by Crippen LogP contribution is 2.31. The molecule has 0 radical (unpaired) electrons. The van der Waals surface area contributed by atoms with E-state index in [-0.39, 0.29) is 11.2 Å². The maximum Gasteiger partial charge on any atom is 0.235 e. The Labute approximate surface area is 122 Å². The summed E-state index contributed by atoms with van der Waals surface area (Å²) in [6.45, 7) is 3.98. The van der Waals surface area contributed by atoms with Crippen molar-refractivity contribution >= 4 is 11.0 Å². The van der Waals surface area contributed by atoms with Gasteiger partial charge in [-0.2, -0.15) is 0 Å². The van der Waals surface area contributed by atoms with Crippen LogP contribution in [0.3, 0.4) is 0 Å². The average Bonchev–Trinajstić information content (AvgIpc) is 2.47. The molecule has 2 aromatic carbocycles. The highest BCUT2D eigenvalue weighted by atomic mass is 16.5. The molecule has 0 saturated carbocycles. The first-order valence-corrected chi connectivity index (χ1v) is 6.78. The Hall–Kier alpha value is -2.55. The molecule has 3 rings (SSSR count). The average molecular weight is 280 g/mol. The van der Waals surface area contributed by atoms with E-state index in [9.17, 15) is 4.79 Å². The molecular weight excluding hydrogens is 264 g/mol. The maximum absolute atomic E-state index is 12.5. The fourth-order valence-electron chi connectivity index (χ4n) is 2.36. The minimum atomic E-state index is -0.144. The Morgan fingerprint density at radius 2 is 1.62 bits per heavy atom. The van der Waals surface area contributed by atoms with Crippen molar-refractivity contribution in [2.45, 2.75) is 13.8 Å². The van der Waals surface area contributed by atoms with Gasteiger partial charge < -0.3 is 9.15 Å². The van der Waals surface area contributed by atoms with Gasteiger partial charge >= 0.3 is 0 Å². The molecule has 0 atom stereocenters. The molecule has 1 aromatic heterocycles. The Morgan fingerprint density at radius 3 is 2.29 bits per heavy atom. The molecular formula is C18H16O3. The van der Waals surface area contributed by atoms with E-state index in [2.05, 4.69) is 0 Å². The van der Waals surface area contributed by atoms with Crippen LogP contribution in [0.2, 0.25) is 0 Å². The second-order valence-electron chi connectivity index (χ2n) is 5.16. The molecule has 0 amide bonds. The Bertz CT molecular complexity index is 858. The second kappa shape index (κ2) is 5.09. The molecule has 3 nitrogen and oxygen atoms in total. The van der Waals surface area contributed by atoms with Gasteiger partial charge in [0.2, 0.25) is 11.2 Å². The zero-order chi connectivity index (χ0) is 15.0. The summed E-state index contributed by atoms with van der Waals surface area (Å²) in [5.74, 6) is 0.718. The van der Waals surface area contributed by atoms with Crippen LogP contribution in [0.4, 0.5) is 0 Å². The standard InChI is InChI=1S/C18H16O3/c1-11-4-7-13(8-5-11)17-18(20-3)16(19)14-9-6-12(2)10-15(14)21-17/h4-10H,1-3H3.